The van der Waals surface area contributed by atoms with E-state index in [1.807, 2.05) is 0 Å². The number of benzene rings is 2. The lowest BCUT2D eigenvalue weighted by atomic mass is 9.96. The molecule has 2 heterocycles. The van der Waals surface area contributed by atoms with Crippen LogP contribution in [0.1, 0.15) is 76.4 Å². The third kappa shape index (κ3) is 5.97. The number of anilines is 3. The SMILES string of the molecule is [2H][C@@](Nc1cc(C#N)c2ncc(C#N)c(NCC(C)(C)C)c2c1)(c1cccc(N(C)C(C)=O)c1)c1cn(C2CC2)nn1. The number of nitriles is 2. The van der Waals surface area contributed by atoms with E-state index in [-0.39, 0.29) is 17.4 Å². The van der Waals surface area contributed by atoms with Gasteiger partial charge < -0.3 is 15.5 Å². The molecule has 10 heteroatoms. The number of aromatic nitrogens is 4. The predicted octanol–water partition coefficient (Wildman–Crippen LogP) is 5.55. The molecule has 0 spiro atoms. The summed E-state index contributed by atoms with van der Waals surface area (Å²) >= 11 is 0. The number of hydrogen-bond donors (Lipinski definition) is 2. The summed E-state index contributed by atoms with van der Waals surface area (Å²) in [6.45, 7) is 8.33. The molecule has 1 atom stereocenters. The van der Waals surface area contributed by atoms with E-state index in [2.05, 4.69) is 58.8 Å². The molecule has 5 rings (SSSR count). The second-order valence-corrected chi connectivity index (χ2v) is 11.5. The lowest BCUT2D eigenvalue weighted by Gasteiger charge is -2.23. The first kappa shape index (κ1) is 26.3. The molecule has 208 valence electrons. The summed E-state index contributed by atoms with van der Waals surface area (Å²) in [6.07, 6.45) is 5.27. The van der Waals surface area contributed by atoms with Gasteiger partial charge >= 0.3 is 0 Å². The molecule has 1 amide bonds. The van der Waals surface area contributed by atoms with Crippen molar-refractivity contribution >= 4 is 33.9 Å². The summed E-state index contributed by atoms with van der Waals surface area (Å²) in [4.78, 5) is 18.1. The molecule has 0 aliphatic heterocycles. The molecule has 0 saturated heterocycles. The van der Waals surface area contributed by atoms with Crippen LogP contribution in [-0.2, 0) is 4.79 Å². The van der Waals surface area contributed by atoms with Crippen molar-refractivity contribution in [2.75, 3.05) is 29.1 Å². The van der Waals surface area contributed by atoms with Gasteiger partial charge in [0.15, 0.2) is 0 Å². The van der Waals surface area contributed by atoms with E-state index in [9.17, 15) is 16.7 Å². The maximum absolute atomic E-state index is 12.1. The van der Waals surface area contributed by atoms with E-state index in [0.717, 1.165) is 12.8 Å². The Bertz CT molecular complexity index is 1760. The van der Waals surface area contributed by atoms with Crippen molar-refractivity contribution in [2.24, 2.45) is 5.41 Å². The Morgan fingerprint density at radius 1 is 1.22 bits per heavy atom. The Morgan fingerprint density at radius 2 is 1.98 bits per heavy atom. The second kappa shape index (κ2) is 10.9. The van der Waals surface area contributed by atoms with Gasteiger partial charge in [-0.05, 0) is 48.1 Å². The van der Waals surface area contributed by atoms with Crippen molar-refractivity contribution in [1.82, 2.24) is 20.0 Å². The molecule has 41 heavy (non-hydrogen) atoms. The van der Waals surface area contributed by atoms with E-state index in [1.54, 1.807) is 54.3 Å². The van der Waals surface area contributed by atoms with Crippen LogP contribution in [0.25, 0.3) is 10.9 Å². The Morgan fingerprint density at radius 3 is 2.63 bits per heavy atom. The van der Waals surface area contributed by atoms with Gasteiger partial charge in [0.25, 0.3) is 0 Å². The van der Waals surface area contributed by atoms with Crippen molar-refractivity contribution in [3.8, 4) is 12.1 Å². The average molecular weight is 549 g/mol. The minimum atomic E-state index is -1.64. The molecule has 2 aromatic heterocycles. The highest BCUT2D eigenvalue weighted by atomic mass is 16.2. The second-order valence-electron chi connectivity index (χ2n) is 11.5. The molecule has 1 aliphatic rings. The Hall–Kier alpha value is -4.96. The van der Waals surface area contributed by atoms with E-state index in [1.165, 1.54) is 18.0 Å². The Balaban J connectivity index is 1.67. The van der Waals surface area contributed by atoms with Crippen LogP contribution in [0.4, 0.5) is 17.1 Å². The fourth-order valence-electron chi connectivity index (χ4n) is 4.48. The number of carbonyl (C=O) groups excluding carboxylic acids is 1. The van der Waals surface area contributed by atoms with Crippen LogP contribution in [0.5, 0.6) is 0 Å². The number of carbonyl (C=O) groups is 1. The van der Waals surface area contributed by atoms with Crippen molar-refractivity contribution in [1.29, 1.82) is 10.5 Å². The van der Waals surface area contributed by atoms with Crippen molar-refractivity contribution in [3.05, 3.63) is 71.2 Å². The van der Waals surface area contributed by atoms with Gasteiger partial charge in [-0.2, -0.15) is 10.5 Å². The van der Waals surface area contributed by atoms with Gasteiger partial charge in [-0.1, -0.05) is 38.1 Å². The number of rotatable bonds is 8. The highest BCUT2D eigenvalue weighted by molar-refractivity contribution is 5.99. The number of fused-ring (bicyclic) bond motifs is 1. The highest BCUT2D eigenvalue weighted by Gasteiger charge is 2.27. The van der Waals surface area contributed by atoms with Crippen LogP contribution in [-0.4, -0.2) is 39.5 Å². The zero-order valence-corrected chi connectivity index (χ0v) is 23.9. The van der Waals surface area contributed by atoms with Crippen LogP contribution in [0.15, 0.2) is 48.8 Å². The quantitative estimate of drug-likeness (QED) is 0.293. The maximum Gasteiger partial charge on any atom is 0.223 e. The van der Waals surface area contributed by atoms with E-state index in [0.29, 0.717) is 56.9 Å². The molecule has 1 fully saturated rings. The van der Waals surface area contributed by atoms with Gasteiger partial charge in [0.05, 0.1) is 42.0 Å². The van der Waals surface area contributed by atoms with Crippen LogP contribution in [0, 0.1) is 28.1 Å². The monoisotopic (exact) mass is 548 g/mol. The lowest BCUT2D eigenvalue weighted by Crippen LogP contribution is -2.23. The summed E-state index contributed by atoms with van der Waals surface area (Å²) in [7, 11) is 1.68. The molecule has 0 unspecified atom stereocenters. The number of nitrogens with one attached hydrogen (secondary N) is 2. The number of pyridine rings is 1. The minimum absolute atomic E-state index is 0.0714. The summed E-state index contributed by atoms with van der Waals surface area (Å²) in [5.41, 5.74) is 3.62. The summed E-state index contributed by atoms with van der Waals surface area (Å²) in [5.74, 6) is -0.139. The van der Waals surface area contributed by atoms with Gasteiger partial charge in [-0.3, -0.25) is 9.78 Å². The predicted molar refractivity (Wildman–Crippen MR) is 158 cm³/mol. The van der Waals surface area contributed by atoms with Gasteiger partial charge in [0.1, 0.15) is 17.8 Å². The highest BCUT2D eigenvalue weighted by Crippen LogP contribution is 2.37. The number of nitrogens with zero attached hydrogens (tertiary/aromatic N) is 7. The third-order valence-corrected chi connectivity index (χ3v) is 6.96. The topological polar surface area (TPSA) is 136 Å². The first-order valence-electron chi connectivity index (χ1n) is 14.0. The van der Waals surface area contributed by atoms with Crippen molar-refractivity contribution in [3.63, 3.8) is 0 Å². The molecule has 1 aliphatic carbocycles. The number of hydrogen-bond acceptors (Lipinski definition) is 8. The first-order valence-corrected chi connectivity index (χ1v) is 13.5. The van der Waals surface area contributed by atoms with Crippen LogP contribution >= 0.6 is 0 Å². The molecule has 0 bridgehead atoms. The van der Waals surface area contributed by atoms with Gasteiger partial charge in [-0.15, -0.1) is 5.10 Å². The van der Waals surface area contributed by atoms with E-state index < -0.39 is 6.02 Å². The molecular weight excluding hydrogens is 514 g/mol. The van der Waals surface area contributed by atoms with Gasteiger partial charge in [0, 0.05) is 43.5 Å². The lowest BCUT2D eigenvalue weighted by molar-refractivity contribution is -0.116. The summed E-state index contributed by atoms with van der Waals surface area (Å²) < 4.78 is 11.6. The molecule has 4 aromatic rings. The van der Waals surface area contributed by atoms with Gasteiger partial charge in [-0.25, -0.2) is 4.68 Å². The zero-order chi connectivity index (χ0) is 30.2. The fraction of sp³-hybridized carbons (Fsp3) is 0.355. The Kier molecular flexibility index (Phi) is 6.98. The normalized spacial score (nSPS) is 14.9. The smallest absolute Gasteiger partial charge is 0.223 e. The van der Waals surface area contributed by atoms with E-state index >= 15 is 0 Å². The maximum atomic E-state index is 12.1. The van der Waals surface area contributed by atoms with Crippen molar-refractivity contribution < 1.29 is 6.17 Å². The summed E-state index contributed by atoms with van der Waals surface area (Å²) in [6, 6.07) is 13.7. The average Bonchev–Trinajstić information content (AvgIpc) is 3.69. The molecular formula is C31H33N9O. The fourth-order valence-corrected chi connectivity index (χ4v) is 4.48. The standard InChI is InChI=1S/C31H33N9O/c1-19(41)39(5)25-8-6-7-20(12-25)30(27-17-40(38-37-27)24-9-10-24)36-23-11-21(14-32)28-26(13-23)29(22(15-33)16-34-28)35-18-31(2,3)4/h6-8,11-13,16-17,24,30,36H,9-10,18H2,1-5H3,(H,34,35)/t30-/m1/s1/i30D. The number of amides is 1. The molecule has 2 aromatic carbocycles. The largest absolute Gasteiger partial charge is 0.383 e. The minimum Gasteiger partial charge on any atom is -0.383 e. The van der Waals surface area contributed by atoms with Gasteiger partial charge in [0.2, 0.25) is 5.91 Å². The van der Waals surface area contributed by atoms with E-state index in [4.69, 9.17) is 0 Å². The van der Waals surface area contributed by atoms with Crippen LogP contribution in [0.3, 0.4) is 0 Å². The molecule has 10 nitrogen and oxygen atoms in total. The summed E-state index contributed by atoms with van der Waals surface area (Å²) in [5, 5.41) is 35.9. The van der Waals surface area contributed by atoms with Crippen molar-refractivity contribution in [2.45, 2.75) is 52.6 Å². The molecule has 1 saturated carbocycles. The third-order valence-electron chi connectivity index (χ3n) is 6.96. The molecule has 0 radical (unpaired) electrons. The van der Waals surface area contributed by atoms with Crippen LogP contribution in [0.2, 0.25) is 0 Å². The molecule has 2 N–H and O–H groups in total. The first-order chi connectivity index (χ1) is 19.9. The Labute approximate surface area is 241 Å². The van der Waals surface area contributed by atoms with Crippen LogP contribution < -0.4 is 15.5 Å². The zero-order valence-electron chi connectivity index (χ0n) is 24.9.